The fourth-order valence-corrected chi connectivity index (χ4v) is 2.92. The minimum Gasteiger partial charge on any atom is -0.459 e. The second-order valence-electron chi connectivity index (χ2n) is 7.65. The molecule has 0 aromatic heterocycles. The molecule has 0 bridgehead atoms. The number of ether oxygens (including phenoxy) is 1. The number of allylic oxidation sites excluding steroid dienone is 1. The second-order valence-corrected chi connectivity index (χ2v) is 7.65. The van der Waals surface area contributed by atoms with Crippen molar-refractivity contribution in [1.29, 1.82) is 0 Å². The van der Waals surface area contributed by atoms with E-state index in [1.807, 2.05) is 13.8 Å². The highest BCUT2D eigenvalue weighted by atomic mass is 16.5. The van der Waals surface area contributed by atoms with Crippen LogP contribution in [0.15, 0.2) is 23.8 Å². The van der Waals surface area contributed by atoms with Gasteiger partial charge in [0.2, 0.25) is 0 Å². The minimum absolute atomic E-state index is 0.148. The Bertz CT molecular complexity index is 439. The monoisotopic (exact) mass is 354 g/mol. The smallest absolute Gasteiger partial charge is 0.331 e. The molecule has 0 heterocycles. The molecule has 5 atom stereocenters. The van der Waals surface area contributed by atoms with Gasteiger partial charge < -0.3 is 14.9 Å². The first-order valence-corrected chi connectivity index (χ1v) is 9.44. The van der Waals surface area contributed by atoms with Crippen LogP contribution in [0, 0.1) is 17.8 Å². The van der Waals surface area contributed by atoms with Gasteiger partial charge in [-0.1, -0.05) is 39.8 Å². The second kappa shape index (κ2) is 12.3. The Hall–Kier alpha value is -1.13. The molecule has 0 saturated heterocycles. The minimum atomic E-state index is -0.401. The Labute approximate surface area is 154 Å². The number of aliphatic hydroxyl groups excluding tert-OH is 2. The molecule has 0 spiro atoms. The maximum Gasteiger partial charge on any atom is 0.331 e. The van der Waals surface area contributed by atoms with E-state index in [1.54, 1.807) is 6.92 Å². The van der Waals surface area contributed by atoms with Crippen molar-refractivity contribution in [3.05, 3.63) is 23.8 Å². The van der Waals surface area contributed by atoms with Gasteiger partial charge in [-0.15, -0.1) is 0 Å². The first kappa shape index (κ1) is 23.9. The van der Waals surface area contributed by atoms with Gasteiger partial charge >= 0.3 is 5.97 Å². The van der Waals surface area contributed by atoms with Gasteiger partial charge in [-0.2, -0.15) is 0 Å². The van der Waals surface area contributed by atoms with Crippen LogP contribution in [0.3, 0.4) is 0 Å². The van der Waals surface area contributed by atoms with Crippen LogP contribution >= 0.6 is 0 Å². The van der Waals surface area contributed by atoms with E-state index in [-0.39, 0.29) is 30.7 Å². The van der Waals surface area contributed by atoms with Crippen molar-refractivity contribution in [2.24, 2.45) is 17.8 Å². The number of aliphatic hydroxyl groups is 2. The summed E-state index contributed by atoms with van der Waals surface area (Å²) < 4.78 is 5.67. The molecule has 25 heavy (non-hydrogen) atoms. The Kier molecular flexibility index (Phi) is 11.7. The molecular formula is C21H38O4. The third kappa shape index (κ3) is 10.5. The molecule has 0 aliphatic rings. The van der Waals surface area contributed by atoms with Crippen molar-refractivity contribution in [3.63, 3.8) is 0 Å². The van der Waals surface area contributed by atoms with E-state index in [0.717, 1.165) is 31.3 Å². The molecule has 0 aliphatic carbocycles. The Morgan fingerprint density at radius 1 is 1.16 bits per heavy atom. The predicted octanol–water partition coefficient (Wildman–Crippen LogP) is 4.26. The Balaban J connectivity index is 4.93. The first-order chi connectivity index (χ1) is 11.6. The summed E-state index contributed by atoms with van der Waals surface area (Å²) in [5, 5.41) is 18.8. The van der Waals surface area contributed by atoms with Crippen molar-refractivity contribution in [3.8, 4) is 0 Å². The lowest BCUT2D eigenvalue weighted by atomic mass is 9.86. The molecule has 4 heteroatoms. The number of esters is 1. The van der Waals surface area contributed by atoms with E-state index in [9.17, 15) is 9.90 Å². The van der Waals surface area contributed by atoms with Crippen molar-refractivity contribution >= 4 is 5.97 Å². The number of hydrogen-bond acceptors (Lipinski definition) is 4. The fraction of sp³-hybridized carbons (Fsp3) is 0.762. The van der Waals surface area contributed by atoms with Crippen LogP contribution in [-0.2, 0) is 9.53 Å². The average molecular weight is 355 g/mol. The lowest BCUT2D eigenvalue weighted by Crippen LogP contribution is -2.25. The highest BCUT2D eigenvalue weighted by Crippen LogP contribution is 2.26. The summed E-state index contributed by atoms with van der Waals surface area (Å²) in [5.74, 6) is 0.437. The Morgan fingerprint density at radius 2 is 1.76 bits per heavy atom. The summed E-state index contributed by atoms with van der Waals surface area (Å²) in [6, 6.07) is 0. The average Bonchev–Trinajstić information content (AvgIpc) is 2.52. The molecule has 0 saturated carbocycles. The van der Waals surface area contributed by atoms with Crippen molar-refractivity contribution in [2.45, 2.75) is 79.4 Å². The van der Waals surface area contributed by atoms with Gasteiger partial charge in [0.25, 0.3) is 0 Å². The quantitative estimate of drug-likeness (QED) is 0.312. The molecule has 0 aliphatic heterocycles. The van der Waals surface area contributed by atoms with Gasteiger partial charge in [0.1, 0.15) is 6.10 Å². The van der Waals surface area contributed by atoms with Crippen LogP contribution in [0.5, 0.6) is 0 Å². The first-order valence-electron chi connectivity index (χ1n) is 9.44. The van der Waals surface area contributed by atoms with Crippen LogP contribution in [-0.4, -0.2) is 35.0 Å². The van der Waals surface area contributed by atoms with Crippen LogP contribution in [0.2, 0.25) is 0 Å². The van der Waals surface area contributed by atoms with Gasteiger partial charge in [-0.05, 0) is 62.9 Å². The summed E-state index contributed by atoms with van der Waals surface area (Å²) >= 11 is 0. The van der Waals surface area contributed by atoms with E-state index in [1.165, 1.54) is 6.08 Å². The van der Waals surface area contributed by atoms with Crippen molar-refractivity contribution < 1.29 is 19.7 Å². The van der Waals surface area contributed by atoms with Crippen LogP contribution in [0.4, 0.5) is 0 Å². The Morgan fingerprint density at radius 3 is 2.24 bits per heavy atom. The molecule has 0 aromatic carbocycles. The summed E-state index contributed by atoms with van der Waals surface area (Å²) in [7, 11) is 0. The topological polar surface area (TPSA) is 66.8 Å². The zero-order chi connectivity index (χ0) is 19.6. The van der Waals surface area contributed by atoms with Crippen LogP contribution in [0.25, 0.3) is 0 Å². The molecule has 2 N–H and O–H groups in total. The molecule has 0 aromatic rings. The third-order valence-electron chi connectivity index (χ3n) is 4.93. The van der Waals surface area contributed by atoms with Gasteiger partial charge in [0, 0.05) is 6.08 Å². The summed E-state index contributed by atoms with van der Waals surface area (Å²) in [4.78, 5) is 12.1. The maximum absolute atomic E-state index is 12.1. The molecule has 0 fully saturated rings. The number of rotatable bonds is 12. The molecule has 0 rings (SSSR count). The highest BCUT2D eigenvalue weighted by molar-refractivity contribution is 5.82. The maximum atomic E-state index is 12.1. The van der Waals surface area contributed by atoms with Gasteiger partial charge in [-0.25, -0.2) is 4.79 Å². The highest BCUT2D eigenvalue weighted by Gasteiger charge is 2.22. The zero-order valence-electron chi connectivity index (χ0n) is 16.9. The standard InChI is InChI=1S/C21H38O4/c1-8-16(4)17(5)12-20(25-21(24)11-15(3)13-22)10-14(2)9-18(6)19(7)23/h11,14,17-20,22-23H,4,8-10,12-13H2,1-3,5-7H3. The lowest BCUT2D eigenvalue weighted by molar-refractivity contribution is -0.144. The molecule has 5 unspecified atom stereocenters. The van der Waals surface area contributed by atoms with Crippen molar-refractivity contribution in [2.75, 3.05) is 6.61 Å². The van der Waals surface area contributed by atoms with Crippen LogP contribution < -0.4 is 0 Å². The fourth-order valence-electron chi connectivity index (χ4n) is 2.92. The summed E-state index contributed by atoms with van der Waals surface area (Å²) in [5.41, 5.74) is 1.75. The molecule has 146 valence electrons. The van der Waals surface area contributed by atoms with Gasteiger partial charge in [0.05, 0.1) is 12.7 Å². The SMILES string of the molecule is C=C(CC)C(C)CC(CC(C)CC(C)C(C)O)OC(=O)C=C(C)CO. The van der Waals surface area contributed by atoms with Gasteiger partial charge in [0.15, 0.2) is 0 Å². The van der Waals surface area contributed by atoms with E-state index in [4.69, 9.17) is 9.84 Å². The normalized spacial score (nSPS) is 18.2. The zero-order valence-corrected chi connectivity index (χ0v) is 16.9. The number of carbonyl (C=O) groups excluding carboxylic acids is 1. The molecule has 0 radical (unpaired) electrons. The summed E-state index contributed by atoms with van der Waals surface area (Å²) in [6.07, 6.45) is 4.14. The molecular weight excluding hydrogens is 316 g/mol. The van der Waals surface area contributed by atoms with E-state index in [2.05, 4.69) is 27.4 Å². The van der Waals surface area contributed by atoms with Gasteiger partial charge in [-0.3, -0.25) is 0 Å². The summed E-state index contributed by atoms with van der Waals surface area (Å²) in [6.45, 7) is 15.8. The van der Waals surface area contributed by atoms with Crippen molar-refractivity contribution in [1.82, 2.24) is 0 Å². The molecule has 0 amide bonds. The van der Waals surface area contributed by atoms with Crippen LogP contribution in [0.1, 0.15) is 67.2 Å². The van der Waals surface area contributed by atoms with E-state index < -0.39 is 5.97 Å². The third-order valence-corrected chi connectivity index (χ3v) is 4.93. The van der Waals surface area contributed by atoms with E-state index >= 15 is 0 Å². The number of carbonyl (C=O) groups is 1. The predicted molar refractivity (Wildman–Crippen MR) is 103 cm³/mol. The number of hydrogen-bond donors (Lipinski definition) is 2. The largest absolute Gasteiger partial charge is 0.459 e. The van der Waals surface area contributed by atoms with E-state index in [0.29, 0.717) is 11.5 Å². The molecule has 4 nitrogen and oxygen atoms in total. The lowest BCUT2D eigenvalue weighted by Gasteiger charge is -2.26.